The molecule has 2 aromatic heterocycles. The number of nitriles is 1. The van der Waals surface area contributed by atoms with Crippen molar-refractivity contribution in [2.75, 3.05) is 13.7 Å². The van der Waals surface area contributed by atoms with E-state index in [2.05, 4.69) is 21.7 Å². The lowest BCUT2D eigenvalue weighted by Crippen LogP contribution is -2.40. The van der Waals surface area contributed by atoms with Crippen LogP contribution in [0.4, 0.5) is 4.79 Å². The first-order chi connectivity index (χ1) is 18.4. The molecule has 2 aromatic carbocycles. The standard InChI is InChI=1S/C29H29N5O3S/c1-19-10-22(6-8-26(19)36-2)24-16-38-27(32-24)15-33-17-29(37-28(33)35)9-3-4-21(12-29)14-34-18-31-23-7-5-20(13-30)11-25(23)34/h5-8,10-11,16,18,21H,3-4,9,12,14-15,17H2,1-2H3/t21-,29-/m0/s1. The van der Waals surface area contributed by atoms with E-state index in [9.17, 15) is 10.1 Å². The molecule has 1 spiro atoms. The maximum Gasteiger partial charge on any atom is 0.410 e. The van der Waals surface area contributed by atoms with Gasteiger partial charge in [0.1, 0.15) is 16.4 Å². The zero-order valence-electron chi connectivity index (χ0n) is 21.5. The van der Waals surface area contributed by atoms with Gasteiger partial charge >= 0.3 is 6.09 Å². The maximum atomic E-state index is 12.9. The van der Waals surface area contributed by atoms with Crippen LogP contribution in [0.5, 0.6) is 5.75 Å². The number of hydrogen-bond acceptors (Lipinski definition) is 7. The number of hydrogen-bond donors (Lipinski definition) is 0. The third-order valence-electron chi connectivity index (χ3n) is 7.72. The van der Waals surface area contributed by atoms with Crippen molar-refractivity contribution in [1.29, 1.82) is 5.26 Å². The average Bonchev–Trinajstić information content (AvgIpc) is 3.62. The Hall–Kier alpha value is -3.90. The van der Waals surface area contributed by atoms with E-state index in [-0.39, 0.29) is 6.09 Å². The molecule has 2 fully saturated rings. The molecule has 0 bridgehead atoms. The van der Waals surface area contributed by atoms with Crippen LogP contribution in [-0.4, -0.2) is 44.8 Å². The van der Waals surface area contributed by atoms with Crippen molar-refractivity contribution >= 4 is 28.5 Å². The molecule has 0 N–H and O–H groups in total. The van der Waals surface area contributed by atoms with E-state index in [1.165, 1.54) is 0 Å². The quantitative estimate of drug-likeness (QED) is 0.309. The topological polar surface area (TPSA) is 93.3 Å². The summed E-state index contributed by atoms with van der Waals surface area (Å²) in [5.41, 5.74) is 5.04. The van der Waals surface area contributed by atoms with Gasteiger partial charge in [0.25, 0.3) is 0 Å². The van der Waals surface area contributed by atoms with Crippen molar-refractivity contribution in [3.8, 4) is 23.1 Å². The second-order valence-corrected chi connectivity index (χ2v) is 11.3. The predicted molar refractivity (Wildman–Crippen MR) is 145 cm³/mol. The monoisotopic (exact) mass is 527 g/mol. The van der Waals surface area contributed by atoms with Crippen molar-refractivity contribution < 1.29 is 14.3 Å². The van der Waals surface area contributed by atoms with E-state index < -0.39 is 5.60 Å². The van der Waals surface area contributed by atoms with Crippen LogP contribution in [0.1, 0.15) is 41.8 Å². The molecule has 194 valence electrons. The Morgan fingerprint density at radius 1 is 1.29 bits per heavy atom. The summed E-state index contributed by atoms with van der Waals surface area (Å²) in [5, 5.41) is 12.2. The zero-order chi connectivity index (χ0) is 26.3. The highest BCUT2D eigenvalue weighted by atomic mass is 32.1. The van der Waals surface area contributed by atoms with Crippen LogP contribution in [0.3, 0.4) is 0 Å². The third-order valence-corrected chi connectivity index (χ3v) is 8.55. The largest absolute Gasteiger partial charge is 0.496 e. The van der Waals surface area contributed by atoms with E-state index in [1.54, 1.807) is 29.4 Å². The summed E-state index contributed by atoms with van der Waals surface area (Å²) in [6.07, 6.45) is 5.39. The molecule has 9 heteroatoms. The first kappa shape index (κ1) is 24.4. The summed E-state index contributed by atoms with van der Waals surface area (Å²) in [5.74, 6) is 1.22. The average molecular weight is 528 g/mol. The molecule has 6 rings (SSSR count). The Kier molecular flexibility index (Phi) is 6.28. The lowest BCUT2D eigenvalue weighted by atomic mass is 9.78. The fourth-order valence-electron chi connectivity index (χ4n) is 5.92. The molecule has 8 nitrogen and oxygen atoms in total. The number of aromatic nitrogens is 3. The fraction of sp³-hybridized carbons (Fsp3) is 0.379. The van der Waals surface area contributed by atoms with Crippen LogP contribution >= 0.6 is 11.3 Å². The Morgan fingerprint density at radius 2 is 2.18 bits per heavy atom. The van der Waals surface area contributed by atoms with E-state index >= 15 is 0 Å². The number of fused-ring (bicyclic) bond motifs is 1. The molecular formula is C29H29N5O3S. The molecule has 38 heavy (non-hydrogen) atoms. The Balaban J connectivity index is 1.13. The van der Waals surface area contributed by atoms with Gasteiger partial charge in [-0.1, -0.05) is 0 Å². The van der Waals surface area contributed by atoms with Crippen molar-refractivity contribution in [2.24, 2.45) is 5.92 Å². The summed E-state index contributed by atoms with van der Waals surface area (Å²) in [7, 11) is 1.67. The number of imidazole rings is 1. The minimum Gasteiger partial charge on any atom is -0.496 e. The molecule has 1 aliphatic heterocycles. The number of amides is 1. The normalized spacial score (nSPS) is 21.1. The molecule has 0 unspecified atom stereocenters. The summed E-state index contributed by atoms with van der Waals surface area (Å²) in [4.78, 5) is 24.1. The molecule has 1 saturated heterocycles. The van der Waals surface area contributed by atoms with Crippen molar-refractivity contribution in [1.82, 2.24) is 19.4 Å². The smallest absolute Gasteiger partial charge is 0.410 e. The van der Waals surface area contributed by atoms with E-state index in [0.717, 1.165) is 70.8 Å². The molecule has 0 radical (unpaired) electrons. The summed E-state index contributed by atoms with van der Waals surface area (Å²) in [6.45, 7) is 3.85. The van der Waals surface area contributed by atoms with Gasteiger partial charge in [0.05, 0.1) is 54.9 Å². The number of methoxy groups -OCH3 is 1. The first-order valence-electron chi connectivity index (χ1n) is 12.9. The number of ether oxygens (including phenoxy) is 2. The van der Waals surface area contributed by atoms with Crippen LogP contribution in [0, 0.1) is 24.2 Å². The second kappa shape index (κ2) is 9.76. The van der Waals surface area contributed by atoms with E-state index in [1.807, 2.05) is 42.9 Å². The van der Waals surface area contributed by atoms with Gasteiger partial charge in [-0.15, -0.1) is 11.3 Å². The second-order valence-electron chi connectivity index (χ2n) is 10.4. The van der Waals surface area contributed by atoms with Crippen molar-refractivity contribution in [3.05, 3.63) is 64.2 Å². The molecular weight excluding hydrogens is 498 g/mol. The molecule has 1 aliphatic carbocycles. The predicted octanol–water partition coefficient (Wildman–Crippen LogP) is 5.93. The van der Waals surface area contributed by atoms with Crippen molar-refractivity contribution in [3.63, 3.8) is 0 Å². The van der Waals surface area contributed by atoms with Gasteiger partial charge in [0, 0.05) is 17.5 Å². The zero-order valence-corrected chi connectivity index (χ0v) is 22.3. The van der Waals surface area contributed by atoms with Gasteiger partial charge < -0.3 is 14.0 Å². The third kappa shape index (κ3) is 4.61. The highest BCUT2D eigenvalue weighted by Crippen LogP contribution is 2.41. The van der Waals surface area contributed by atoms with Gasteiger partial charge in [0.15, 0.2) is 0 Å². The number of nitrogens with zero attached hydrogens (tertiary/aromatic N) is 5. The van der Waals surface area contributed by atoms with Crippen LogP contribution in [0.15, 0.2) is 48.1 Å². The molecule has 2 aliphatic rings. The van der Waals surface area contributed by atoms with Gasteiger partial charge in [-0.2, -0.15) is 5.26 Å². The lowest BCUT2D eigenvalue weighted by Gasteiger charge is -2.36. The highest BCUT2D eigenvalue weighted by molar-refractivity contribution is 7.09. The number of carbonyl (C=O) groups excluding carboxylic acids is 1. The van der Waals surface area contributed by atoms with Crippen LogP contribution < -0.4 is 4.74 Å². The van der Waals surface area contributed by atoms with Gasteiger partial charge in [-0.25, -0.2) is 14.8 Å². The van der Waals surface area contributed by atoms with Gasteiger partial charge in [-0.05, 0) is 80.5 Å². The summed E-state index contributed by atoms with van der Waals surface area (Å²) >= 11 is 1.57. The molecule has 1 saturated carbocycles. The lowest BCUT2D eigenvalue weighted by molar-refractivity contribution is 0.00415. The molecule has 1 amide bonds. The fourth-order valence-corrected chi connectivity index (χ4v) is 6.74. The highest BCUT2D eigenvalue weighted by Gasteiger charge is 2.48. The maximum absolute atomic E-state index is 12.9. The van der Waals surface area contributed by atoms with Crippen LogP contribution in [-0.2, 0) is 17.8 Å². The summed E-state index contributed by atoms with van der Waals surface area (Å²) < 4.78 is 13.6. The van der Waals surface area contributed by atoms with Gasteiger partial charge in [0.2, 0.25) is 0 Å². The number of aryl methyl sites for hydroxylation is 1. The minimum atomic E-state index is -0.457. The van der Waals surface area contributed by atoms with E-state index in [4.69, 9.17) is 14.5 Å². The summed E-state index contributed by atoms with van der Waals surface area (Å²) in [6, 6.07) is 13.8. The molecule has 2 atom stereocenters. The number of thiazole rings is 1. The number of benzene rings is 2. The Bertz CT molecular complexity index is 1550. The minimum absolute atomic E-state index is 0.255. The number of rotatable bonds is 6. The molecule has 4 aromatic rings. The number of carbonyl (C=O) groups is 1. The molecule has 3 heterocycles. The van der Waals surface area contributed by atoms with E-state index in [0.29, 0.717) is 24.6 Å². The first-order valence-corrected chi connectivity index (χ1v) is 13.8. The Labute approximate surface area is 225 Å². The van der Waals surface area contributed by atoms with Gasteiger partial charge in [-0.3, -0.25) is 4.90 Å². The Morgan fingerprint density at radius 3 is 3.00 bits per heavy atom. The van der Waals surface area contributed by atoms with Crippen LogP contribution in [0.2, 0.25) is 0 Å². The SMILES string of the molecule is COc1ccc(-c2csc(CN3C[C@@]4(CCC[C@H](Cn5cnc6ccc(C#N)cc65)C4)OC3=O)n2)cc1C. The van der Waals surface area contributed by atoms with Crippen LogP contribution in [0.25, 0.3) is 22.3 Å². The van der Waals surface area contributed by atoms with Crippen molar-refractivity contribution in [2.45, 2.75) is 51.3 Å².